The molecule has 0 unspecified atom stereocenters. The standard InChI is InChI=1S/C16H19N3OS.ClH/c1-11-9-13(7-8-17-11)15(20)19-16-18-14(10-21-16)12-5-3-2-4-6-12;/h2-6,10-11,13,17H,7-9H2,1H3,(H,18,19,20);1H/t11-,13-;/m0./s1. The third kappa shape index (κ3) is 4.06. The molecule has 0 aliphatic carbocycles. The van der Waals surface area contributed by atoms with Crippen LogP contribution in [0.3, 0.4) is 0 Å². The van der Waals surface area contributed by atoms with Crippen molar-refractivity contribution in [3.63, 3.8) is 0 Å². The molecule has 1 fully saturated rings. The maximum absolute atomic E-state index is 12.3. The highest BCUT2D eigenvalue weighted by Gasteiger charge is 2.25. The number of benzene rings is 1. The number of nitrogens with zero attached hydrogens (tertiary/aromatic N) is 1. The topological polar surface area (TPSA) is 54.0 Å². The second-order valence-electron chi connectivity index (χ2n) is 5.47. The number of amides is 1. The molecule has 2 atom stereocenters. The molecule has 3 rings (SSSR count). The first-order valence-corrected chi connectivity index (χ1v) is 8.15. The maximum Gasteiger partial charge on any atom is 0.229 e. The van der Waals surface area contributed by atoms with Crippen LogP contribution in [0.2, 0.25) is 0 Å². The smallest absolute Gasteiger partial charge is 0.229 e. The molecule has 2 aromatic rings. The van der Waals surface area contributed by atoms with Crippen LogP contribution in [-0.4, -0.2) is 23.5 Å². The monoisotopic (exact) mass is 337 g/mol. The van der Waals surface area contributed by atoms with Gasteiger partial charge in [0.2, 0.25) is 5.91 Å². The van der Waals surface area contributed by atoms with Gasteiger partial charge in [-0.2, -0.15) is 0 Å². The van der Waals surface area contributed by atoms with Crippen molar-refractivity contribution in [3.05, 3.63) is 35.7 Å². The van der Waals surface area contributed by atoms with Crippen LogP contribution < -0.4 is 10.6 Å². The minimum Gasteiger partial charge on any atom is -0.314 e. The summed E-state index contributed by atoms with van der Waals surface area (Å²) < 4.78 is 0. The minimum absolute atomic E-state index is 0. The Morgan fingerprint density at radius 3 is 2.86 bits per heavy atom. The lowest BCUT2D eigenvalue weighted by molar-refractivity contribution is -0.120. The Labute approximate surface area is 140 Å². The summed E-state index contributed by atoms with van der Waals surface area (Å²) in [6.45, 7) is 3.03. The Morgan fingerprint density at radius 1 is 1.36 bits per heavy atom. The van der Waals surface area contributed by atoms with Crippen molar-refractivity contribution >= 4 is 34.8 Å². The number of hydrogen-bond donors (Lipinski definition) is 2. The highest BCUT2D eigenvalue weighted by Crippen LogP contribution is 2.26. The van der Waals surface area contributed by atoms with E-state index in [4.69, 9.17) is 0 Å². The van der Waals surface area contributed by atoms with E-state index in [0.717, 1.165) is 30.6 Å². The highest BCUT2D eigenvalue weighted by molar-refractivity contribution is 7.14. The first-order chi connectivity index (χ1) is 10.2. The normalized spacial score (nSPS) is 21.0. The summed E-state index contributed by atoms with van der Waals surface area (Å²) in [4.78, 5) is 16.8. The van der Waals surface area contributed by atoms with Gasteiger partial charge in [0.15, 0.2) is 5.13 Å². The van der Waals surface area contributed by atoms with Crippen molar-refractivity contribution in [1.82, 2.24) is 10.3 Å². The Kier molecular flexibility index (Phi) is 5.94. The van der Waals surface area contributed by atoms with Gasteiger partial charge < -0.3 is 10.6 Å². The van der Waals surface area contributed by atoms with E-state index in [-0.39, 0.29) is 24.2 Å². The third-order valence-electron chi connectivity index (χ3n) is 3.80. The summed E-state index contributed by atoms with van der Waals surface area (Å²) in [5.74, 6) is 0.183. The van der Waals surface area contributed by atoms with Gasteiger partial charge >= 0.3 is 0 Å². The first kappa shape index (κ1) is 16.9. The lowest BCUT2D eigenvalue weighted by Crippen LogP contribution is -2.40. The number of halogens is 1. The van der Waals surface area contributed by atoms with Crippen LogP contribution in [0.4, 0.5) is 5.13 Å². The van der Waals surface area contributed by atoms with E-state index in [1.54, 1.807) is 0 Å². The highest BCUT2D eigenvalue weighted by atomic mass is 35.5. The molecule has 1 aromatic heterocycles. The Balaban J connectivity index is 0.00000176. The van der Waals surface area contributed by atoms with Crippen LogP contribution in [0.25, 0.3) is 11.3 Å². The fourth-order valence-electron chi connectivity index (χ4n) is 2.65. The van der Waals surface area contributed by atoms with E-state index in [0.29, 0.717) is 11.2 Å². The van der Waals surface area contributed by atoms with E-state index >= 15 is 0 Å². The van der Waals surface area contributed by atoms with Crippen LogP contribution >= 0.6 is 23.7 Å². The molecule has 22 heavy (non-hydrogen) atoms. The number of aromatic nitrogens is 1. The van der Waals surface area contributed by atoms with Crippen LogP contribution in [-0.2, 0) is 4.79 Å². The van der Waals surface area contributed by atoms with Gasteiger partial charge in [-0.05, 0) is 26.3 Å². The molecule has 0 saturated carbocycles. The minimum atomic E-state index is 0. The third-order valence-corrected chi connectivity index (χ3v) is 4.56. The number of carbonyl (C=O) groups excluding carboxylic acids is 1. The number of carbonyl (C=O) groups is 1. The van der Waals surface area contributed by atoms with Crippen molar-refractivity contribution in [3.8, 4) is 11.3 Å². The quantitative estimate of drug-likeness (QED) is 0.900. The van der Waals surface area contributed by atoms with Crippen LogP contribution in [0.15, 0.2) is 35.7 Å². The van der Waals surface area contributed by atoms with E-state index in [2.05, 4.69) is 22.5 Å². The molecule has 4 nitrogen and oxygen atoms in total. The summed E-state index contributed by atoms with van der Waals surface area (Å²) in [6.07, 6.45) is 1.79. The summed E-state index contributed by atoms with van der Waals surface area (Å²) in [5.41, 5.74) is 1.99. The summed E-state index contributed by atoms with van der Waals surface area (Å²) >= 11 is 1.48. The number of thiazole rings is 1. The van der Waals surface area contributed by atoms with E-state index in [1.807, 2.05) is 35.7 Å². The Hall–Kier alpha value is -1.43. The number of piperidine rings is 1. The van der Waals surface area contributed by atoms with Crippen LogP contribution in [0, 0.1) is 5.92 Å². The lowest BCUT2D eigenvalue weighted by Gasteiger charge is -2.26. The van der Waals surface area contributed by atoms with Gasteiger partial charge in [-0.3, -0.25) is 4.79 Å². The van der Waals surface area contributed by atoms with E-state index in [1.165, 1.54) is 11.3 Å². The second-order valence-corrected chi connectivity index (χ2v) is 6.33. The van der Waals surface area contributed by atoms with Gasteiger partial charge in [-0.1, -0.05) is 30.3 Å². The van der Waals surface area contributed by atoms with Crippen molar-refractivity contribution in [2.24, 2.45) is 5.92 Å². The molecular weight excluding hydrogens is 318 g/mol. The molecule has 1 aromatic carbocycles. The molecule has 1 aliphatic rings. The van der Waals surface area contributed by atoms with Gasteiger partial charge in [0.25, 0.3) is 0 Å². The molecule has 0 radical (unpaired) electrons. The molecular formula is C16H20ClN3OS. The number of hydrogen-bond acceptors (Lipinski definition) is 4. The summed E-state index contributed by atoms with van der Waals surface area (Å²) in [6, 6.07) is 10.4. The number of rotatable bonds is 3. The van der Waals surface area contributed by atoms with Crippen molar-refractivity contribution in [2.45, 2.75) is 25.8 Å². The van der Waals surface area contributed by atoms with Gasteiger partial charge in [-0.25, -0.2) is 4.98 Å². The first-order valence-electron chi connectivity index (χ1n) is 7.27. The van der Waals surface area contributed by atoms with Crippen LogP contribution in [0.5, 0.6) is 0 Å². The Bertz CT molecular complexity index is 617. The zero-order valence-corrected chi connectivity index (χ0v) is 14.0. The predicted octanol–water partition coefficient (Wildman–Crippen LogP) is 3.56. The average Bonchev–Trinajstić information content (AvgIpc) is 2.97. The van der Waals surface area contributed by atoms with Crippen molar-refractivity contribution < 1.29 is 4.79 Å². The van der Waals surface area contributed by atoms with Gasteiger partial charge in [-0.15, -0.1) is 23.7 Å². The number of anilines is 1. The molecule has 0 spiro atoms. The molecule has 1 saturated heterocycles. The number of nitrogens with one attached hydrogen (secondary N) is 2. The zero-order chi connectivity index (χ0) is 14.7. The van der Waals surface area contributed by atoms with Crippen molar-refractivity contribution in [2.75, 3.05) is 11.9 Å². The molecule has 0 bridgehead atoms. The van der Waals surface area contributed by atoms with Gasteiger partial charge in [0.1, 0.15) is 0 Å². The second kappa shape index (κ2) is 7.72. The molecule has 6 heteroatoms. The van der Waals surface area contributed by atoms with E-state index in [9.17, 15) is 4.79 Å². The van der Waals surface area contributed by atoms with Crippen LogP contribution in [0.1, 0.15) is 19.8 Å². The summed E-state index contributed by atoms with van der Waals surface area (Å²) in [5, 5.41) is 8.99. The van der Waals surface area contributed by atoms with Gasteiger partial charge in [0.05, 0.1) is 5.69 Å². The molecule has 118 valence electrons. The molecule has 2 N–H and O–H groups in total. The lowest BCUT2D eigenvalue weighted by atomic mass is 9.92. The van der Waals surface area contributed by atoms with E-state index < -0.39 is 0 Å². The largest absolute Gasteiger partial charge is 0.314 e. The molecule has 2 heterocycles. The fraction of sp³-hybridized carbons (Fsp3) is 0.375. The fourth-order valence-corrected chi connectivity index (χ4v) is 3.37. The average molecular weight is 338 g/mol. The van der Waals surface area contributed by atoms with Gasteiger partial charge in [0, 0.05) is 22.9 Å². The zero-order valence-electron chi connectivity index (χ0n) is 12.4. The summed E-state index contributed by atoms with van der Waals surface area (Å²) in [7, 11) is 0. The molecule has 1 amide bonds. The maximum atomic E-state index is 12.3. The Morgan fingerprint density at radius 2 is 2.14 bits per heavy atom. The van der Waals surface area contributed by atoms with Crippen molar-refractivity contribution in [1.29, 1.82) is 0 Å². The predicted molar refractivity (Wildman–Crippen MR) is 93.6 cm³/mol. The molecule has 1 aliphatic heterocycles. The SMILES string of the molecule is C[C@H]1C[C@@H](C(=O)Nc2nc(-c3ccccc3)cs2)CCN1.Cl.